The number of aromatic nitrogens is 2. The summed E-state index contributed by atoms with van der Waals surface area (Å²) in [5, 5.41) is 2.89. The average Bonchev–Trinajstić information content (AvgIpc) is 2.37. The monoisotopic (exact) mass is 278 g/mol. The average molecular weight is 278 g/mol. The van der Waals surface area contributed by atoms with Crippen LogP contribution < -0.4 is 10.0 Å². The van der Waals surface area contributed by atoms with E-state index in [1.165, 1.54) is 0 Å². The lowest BCUT2D eigenvalue weighted by Crippen LogP contribution is -2.10. The molecule has 7 heteroatoms. The third-order valence-electron chi connectivity index (χ3n) is 2.39. The molecule has 0 aliphatic heterocycles. The van der Waals surface area contributed by atoms with Crippen molar-refractivity contribution in [3.8, 4) is 11.3 Å². The molecular weight excluding hydrogens is 264 g/mol. The summed E-state index contributed by atoms with van der Waals surface area (Å²) in [6.07, 6.45) is 4.29. The standard InChI is InChI=1S/C12H14N4O2S/c1-13-12-8-14-7-11(15-12)9-5-3-4-6-10(9)16-19(2,17)18/h3-8,16H,1-2H3,(H,13,15). The van der Waals surface area contributed by atoms with Gasteiger partial charge in [-0.1, -0.05) is 18.2 Å². The van der Waals surface area contributed by atoms with Crippen molar-refractivity contribution in [2.75, 3.05) is 23.3 Å². The largest absolute Gasteiger partial charge is 0.372 e. The minimum absolute atomic E-state index is 0.479. The van der Waals surface area contributed by atoms with Gasteiger partial charge < -0.3 is 5.32 Å². The first-order chi connectivity index (χ1) is 8.99. The first-order valence-electron chi connectivity index (χ1n) is 5.56. The van der Waals surface area contributed by atoms with Crippen LogP contribution in [0.5, 0.6) is 0 Å². The zero-order valence-corrected chi connectivity index (χ0v) is 11.4. The third-order valence-corrected chi connectivity index (χ3v) is 2.98. The zero-order chi connectivity index (χ0) is 13.9. The number of nitrogens with one attached hydrogen (secondary N) is 2. The van der Waals surface area contributed by atoms with Gasteiger partial charge in [0.05, 0.1) is 30.0 Å². The van der Waals surface area contributed by atoms with Crippen molar-refractivity contribution >= 4 is 21.5 Å². The molecular formula is C12H14N4O2S. The van der Waals surface area contributed by atoms with Gasteiger partial charge in [-0.2, -0.15) is 0 Å². The molecule has 1 aromatic heterocycles. The van der Waals surface area contributed by atoms with Gasteiger partial charge in [0, 0.05) is 12.6 Å². The van der Waals surface area contributed by atoms with E-state index in [4.69, 9.17) is 0 Å². The van der Waals surface area contributed by atoms with Gasteiger partial charge in [-0.3, -0.25) is 9.71 Å². The van der Waals surface area contributed by atoms with Gasteiger partial charge in [-0.15, -0.1) is 0 Å². The minimum Gasteiger partial charge on any atom is -0.372 e. The van der Waals surface area contributed by atoms with E-state index in [9.17, 15) is 8.42 Å². The molecule has 19 heavy (non-hydrogen) atoms. The van der Waals surface area contributed by atoms with E-state index in [0.717, 1.165) is 6.26 Å². The van der Waals surface area contributed by atoms with E-state index in [1.54, 1.807) is 37.6 Å². The first kappa shape index (κ1) is 13.3. The minimum atomic E-state index is -3.34. The fraction of sp³-hybridized carbons (Fsp3) is 0.167. The van der Waals surface area contributed by atoms with Crippen LogP contribution in [0.15, 0.2) is 36.7 Å². The zero-order valence-electron chi connectivity index (χ0n) is 10.6. The maximum atomic E-state index is 11.3. The van der Waals surface area contributed by atoms with Gasteiger partial charge in [-0.25, -0.2) is 13.4 Å². The van der Waals surface area contributed by atoms with Crippen molar-refractivity contribution in [1.29, 1.82) is 0 Å². The summed E-state index contributed by atoms with van der Waals surface area (Å²) in [4.78, 5) is 8.41. The van der Waals surface area contributed by atoms with Gasteiger partial charge >= 0.3 is 0 Å². The topological polar surface area (TPSA) is 84.0 Å². The predicted molar refractivity (Wildman–Crippen MR) is 75.5 cm³/mol. The lowest BCUT2D eigenvalue weighted by molar-refractivity contribution is 0.607. The number of sulfonamides is 1. The second-order valence-electron chi connectivity index (χ2n) is 3.96. The Labute approximate surface area is 112 Å². The maximum Gasteiger partial charge on any atom is 0.229 e. The number of anilines is 2. The highest BCUT2D eigenvalue weighted by Gasteiger charge is 2.10. The van der Waals surface area contributed by atoms with Crippen LogP contribution in [0, 0.1) is 0 Å². The van der Waals surface area contributed by atoms with Crippen LogP contribution in [0.25, 0.3) is 11.3 Å². The molecule has 2 N–H and O–H groups in total. The lowest BCUT2D eigenvalue weighted by Gasteiger charge is -2.10. The lowest BCUT2D eigenvalue weighted by atomic mass is 10.1. The molecule has 0 atom stereocenters. The SMILES string of the molecule is CNc1cncc(-c2ccccc2NS(C)(=O)=O)n1. The van der Waals surface area contributed by atoms with Crippen LogP contribution in [-0.4, -0.2) is 31.7 Å². The predicted octanol–water partition coefficient (Wildman–Crippen LogP) is 1.56. The number of hydrogen-bond donors (Lipinski definition) is 2. The molecule has 2 rings (SSSR count). The third kappa shape index (κ3) is 3.41. The Kier molecular flexibility index (Phi) is 3.66. The Morgan fingerprint density at radius 1 is 1.16 bits per heavy atom. The van der Waals surface area contributed by atoms with Crippen molar-refractivity contribution in [2.24, 2.45) is 0 Å². The second kappa shape index (κ2) is 5.23. The summed E-state index contributed by atoms with van der Waals surface area (Å²) >= 11 is 0. The van der Waals surface area contributed by atoms with E-state index < -0.39 is 10.0 Å². The van der Waals surface area contributed by atoms with Crippen molar-refractivity contribution in [2.45, 2.75) is 0 Å². The van der Waals surface area contributed by atoms with Crippen molar-refractivity contribution < 1.29 is 8.42 Å². The number of benzene rings is 1. The molecule has 0 spiro atoms. The summed E-state index contributed by atoms with van der Waals surface area (Å²) < 4.78 is 25.2. The number of nitrogens with zero attached hydrogens (tertiary/aromatic N) is 2. The molecule has 0 saturated heterocycles. The van der Waals surface area contributed by atoms with Crippen LogP contribution in [0.2, 0.25) is 0 Å². The molecule has 0 bridgehead atoms. The van der Waals surface area contributed by atoms with E-state index >= 15 is 0 Å². The van der Waals surface area contributed by atoms with Gasteiger partial charge in [0.25, 0.3) is 0 Å². The Morgan fingerprint density at radius 2 is 1.89 bits per heavy atom. The molecule has 1 aromatic carbocycles. The summed E-state index contributed by atoms with van der Waals surface area (Å²) in [7, 11) is -1.59. The smallest absolute Gasteiger partial charge is 0.229 e. The van der Waals surface area contributed by atoms with E-state index in [1.807, 2.05) is 6.07 Å². The molecule has 0 fully saturated rings. The number of hydrogen-bond acceptors (Lipinski definition) is 5. The molecule has 0 saturated carbocycles. The molecule has 0 amide bonds. The van der Waals surface area contributed by atoms with Gasteiger partial charge in [0.2, 0.25) is 10.0 Å². The normalized spacial score (nSPS) is 11.1. The fourth-order valence-corrected chi connectivity index (χ4v) is 2.19. The van der Waals surface area contributed by atoms with Crippen LogP contribution >= 0.6 is 0 Å². The van der Waals surface area contributed by atoms with Gasteiger partial charge in [0.1, 0.15) is 5.82 Å². The first-order valence-corrected chi connectivity index (χ1v) is 7.46. The summed E-state index contributed by atoms with van der Waals surface area (Å²) in [5.41, 5.74) is 1.75. The molecule has 6 nitrogen and oxygen atoms in total. The molecule has 0 radical (unpaired) electrons. The molecule has 0 aliphatic rings. The molecule has 1 heterocycles. The van der Waals surface area contributed by atoms with Crippen LogP contribution in [-0.2, 0) is 10.0 Å². The Morgan fingerprint density at radius 3 is 2.58 bits per heavy atom. The van der Waals surface area contributed by atoms with Crippen LogP contribution in [0.1, 0.15) is 0 Å². The van der Waals surface area contributed by atoms with Crippen molar-refractivity contribution in [3.63, 3.8) is 0 Å². The second-order valence-corrected chi connectivity index (χ2v) is 5.71. The van der Waals surface area contributed by atoms with Gasteiger partial charge in [0.15, 0.2) is 0 Å². The van der Waals surface area contributed by atoms with Crippen molar-refractivity contribution in [3.05, 3.63) is 36.7 Å². The maximum absolute atomic E-state index is 11.3. The summed E-state index contributed by atoms with van der Waals surface area (Å²) in [6.45, 7) is 0. The summed E-state index contributed by atoms with van der Waals surface area (Å²) in [5.74, 6) is 0.617. The van der Waals surface area contributed by atoms with Gasteiger partial charge in [-0.05, 0) is 6.07 Å². The quantitative estimate of drug-likeness (QED) is 0.886. The van der Waals surface area contributed by atoms with E-state index in [0.29, 0.717) is 22.8 Å². The fourth-order valence-electron chi connectivity index (χ4n) is 1.61. The molecule has 0 unspecified atom stereocenters. The molecule has 2 aromatic rings. The Hall–Kier alpha value is -2.15. The molecule has 0 aliphatic carbocycles. The number of para-hydroxylation sites is 1. The van der Waals surface area contributed by atoms with Crippen LogP contribution in [0.4, 0.5) is 11.5 Å². The summed E-state index contributed by atoms with van der Waals surface area (Å²) in [6, 6.07) is 7.05. The highest BCUT2D eigenvalue weighted by Crippen LogP contribution is 2.26. The highest BCUT2D eigenvalue weighted by molar-refractivity contribution is 7.92. The number of rotatable bonds is 4. The van der Waals surface area contributed by atoms with Crippen molar-refractivity contribution in [1.82, 2.24) is 9.97 Å². The van der Waals surface area contributed by atoms with E-state index in [-0.39, 0.29) is 0 Å². The van der Waals surface area contributed by atoms with Crippen LogP contribution in [0.3, 0.4) is 0 Å². The molecule has 100 valence electrons. The highest BCUT2D eigenvalue weighted by atomic mass is 32.2. The Balaban J connectivity index is 2.49. The Bertz CT molecular complexity index is 686. The van der Waals surface area contributed by atoms with E-state index in [2.05, 4.69) is 20.0 Å².